The van der Waals surface area contributed by atoms with Gasteiger partial charge in [0, 0.05) is 49.4 Å². The largest absolute Gasteiger partial charge is 0.309 e. The van der Waals surface area contributed by atoms with Crippen molar-refractivity contribution in [3.05, 3.63) is 253 Å². The van der Waals surface area contributed by atoms with E-state index in [1.165, 1.54) is 66.1 Å². The third-order valence-electron chi connectivity index (χ3n) is 14.3. The fraction of sp³-hybridized carbons (Fsp3) is 0.0588. The maximum Gasteiger partial charge on any atom is 0.161 e. The molecular weight excluding hydrogens is 873 g/mol. The molecule has 10 aromatic carbocycles. The molecule has 13 rings (SSSR count). The van der Waals surface area contributed by atoms with Crippen LogP contribution in [-0.4, -0.2) is 19.1 Å². The highest BCUT2D eigenvalue weighted by molar-refractivity contribution is 6.13. The third-order valence-corrected chi connectivity index (χ3v) is 14.3. The molecule has 0 amide bonds. The minimum absolute atomic E-state index is 0.652. The molecule has 0 aliphatic rings. The molecule has 13 aromatic rings. The first-order chi connectivity index (χ1) is 35.3. The van der Waals surface area contributed by atoms with Gasteiger partial charge in [-0.3, -0.25) is 0 Å². The molecule has 0 fully saturated rings. The van der Waals surface area contributed by atoms with Gasteiger partial charge in [-0.25, -0.2) is 9.97 Å². The zero-order chi connectivity index (χ0) is 48.5. The van der Waals surface area contributed by atoms with Gasteiger partial charge in [0.15, 0.2) is 5.82 Å². The fourth-order valence-corrected chi connectivity index (χ4v) is 11.3. The Morgan fingerprint density at radius 2 is 0.694 bits per heavy atom. The summed E-state index contributed by atoms with van der Waals surface area (Å²) in [5.74, 6) is 0.652. The minimum Gasteiger partial charge on any atom is -0.309 e. The quantitative estimate of drug-likeness (QED) is 0.152. The van der Waals surface area contributed by atoms with Crippen LogP contribution in [0.15, 0.2) is 231 Å². The summed E-state index contributed by atoms with van der Waals surface area (Å²) >= 11 is 0. The van der Waals surface area contributed by atoms with Crippen molar-refractivity contribution in [1.29, 1.82) is 0 Å². The molecule has 0 aliphatic heterocycles. The molecule has 0 saturated heterocycles. The van der Waals surface area contributed by atoms with E-state index in [0.29, 0.717) is 5.82 Å². The van der Waals surface area contributed by atoms with Gasteiger partial charge in [-0.1, -0.05) is 198 Å². The molecule has 0 unspecified atom stereocenters. The van der Waals surface area contributed by atoms with Crippen LogP contribution in [0.5, 0.6) is 0 Å². The van der Waals surface area contributed by atoms with Crippen LogP contribution in [0.25, 0.3) is 122 Å². The third kappa shape index (κ3) is 7.39. The van der Waals surface area contributed by atoms with Crippen LogP contribution in [0.4, 0.5) is 0 Å². The second kappa shape index (κ2) is 17.4. The molecule has 0 spiro atoms. The van der Waals surface area contributed by atoms with E-state index in [2.05, 4.69) is 267 Å². The Morgan fingerprint density at radius 3 is 1.22 bits per heavy atom. The first-order valence-electron chi connectivity index (χ1n) is 24.8. The second-order valence-electron chi connectivity index (χ2n) is 19.3. The standard InChI is InChI=1S/C68H50N4/c1-43-34-44(2)37-51(36-43)49-30-32-64-57(40-49)58-41-50(52-38-45(3)35-46(4)39-52)31-33-65(58)72(64)66-29-17-25-56(68-69-59(47-18-7-5-8-19-47)42-60(70-68)48-20-9-6-10-21-48)67(66)55-24-13-16-28-63(55)71-61-26-14-11-22-53(61)54-23-12-15-27-62(54)71/h5-42H,1-4H3. The van der Waals surface area contributed by atoms with Crippen LogP contribution < -0.4 is 0 Å². The van der Waals surface area contributed by atoms with E-state index in [9.17, 15) is 0 Å². The van der Waals surface area contributed by atoms with Gasteiger partial charge in [0.1, 0.15) is 0 Å². The molecule has 0 N–H and O–H groups in total. The molecule has 4 nitrogen and oxygen atoms in total. The number of hydrogen-bond donors (Lipinski definition) is 0. The predicted octanol–water partition coefficient (Wildman–Crippen LogP) is 17.9. The molecule has 72 heavy (non-hydrogen) atoms. The summed E-state index contributed by atoms with van der Waals surface area (Å²) in [4.78, 5) is 11.0. The lowest BCUT2D eigenvalue weighted by molar-refractivity contribution is 1.15. The number of rotatable bonds is 8. The highest BCUT2D eigenvalue weighted by Gasteiger charge is 2.25. The van der Waals surface area contributed by atoms with E-state index < -0.39 is 0 Å². The number of benzene rings is 10. The molecule has 342 valence electrons. The van der Waals surface area contributed by atoms with E-state index in [-0.39, 0.29) is 0 Å². The number of hydrogen-bond acceptors (Lipinski definition) is 2. The summed E-state index contributed by atoms with van der Waals surface area (Å²) in [6, 6.07) is 83.9. The molecule has 0 bridgehead atoms. The summed E-state index contributed by atoms with van der Waals surface area (Å²) < 4.78 is 4.93. The van der Waals surface area contributed by atoms with E-state index in [1.807, 2.05) is 0 Å². The van der Waals surface area contributed by atoms with Gasteiger partial charge < -0.3 is 9.13 Å². The van der Waals surface area contributed by atoms with Crippen LogP contribution in [0.2, 0.25) is 0 Å². The Bertz CT molecular complexity index is 3990. The fourth-order valence-electron chi connectivity index (χ4n) is 11.3. The van der Waals surface area contributed by atoms with E-state index in [4.69, 9.17) is 9.97 Å². The predicted molar refractivity (Wildman–Crippen MR) is 302 cm³/mol. The van der Waals surface area contributed by atoms with Crippen molar-refractivity contribution < 1.29 is 0 Å². The van der Waals surface area contributed by atoms with Crippen LogP contribution in [-0.2, 0) is 0 Å². The van der Waals surface area contributed by atoms with Crippen molar-refractivity contribution >= 4 is 43.6 Å². The maximum atomic E-state index is 5.52. The molecule has 0 saturated carbocycles. The SMILES string of the molecule is Cc1cc(C)cc(-c2ccc3c(c2)c2cc(-c4cc(C)cc(C)c4)ccc2n3-c2cccc(-c3nc(-c4ccccc4)cc(-c4ccccc4)n3)c2-c2ccccc2-n2c3ccccc3c3ccccc32)c1. The molecule has 4 heteroatoms. The lowest BCUT2D eigenvalue weighted by Crippen LogP contribution is -2.04. The van der Waals surface area contributed by atoms with Gasteiger partial charge in [-0.2, -0.15) is 0 Å². The van der Waals surface area contributed by atoms with Crippen LogP contribution in [0.1, 0.15) is 22.3 Å². The molecule has 0 atom stereocenters. The molecular formula is C68H50N4. The molecule has 0 radical (unpaired) electrons. The Hall–Kier alpha value is -9.12. The highest BCUT2D eigenvalue weighted by Crippen LogP contribution is 2.46. The number of aryl methyl sites for hydroxylation is 4. The zero-order valence-corrected chi connectivity index (χ0v) is 40.7. The maximum absolute atomic E-state index is 5.52. The van der Waals surface area contributed by atoms with Crippen LogP contribution >= 0.6 is 0 Å². The average Bonchev–Trinajstić information content (AvgIpc) is 3.92. The Balaban J connectivity index is 1.15. The van der Waals surface area contributed by atoms with E-state index >= 15 is 0 Å². The molecule has 3 heterocycles. The minimum atomic E-state index is 0.652. The van der Waals surface area contributed by atoms with Crippen molar-refractivity contribution in [1.82, 2.24) is 19.1 Å². The van der Waals surface area contributed by atoms with Crippen LogP contribution in [0, 0.1) is 27.7 Å². The van der Waals surface area contributed by atoms with Gasteiger partial charge in [-0.05, 0) is 105 Å². The van der Waals surface area contributed by atoms with Gasteiger partial charge in [-0.15, -0.1) is 0 Å². The monoisotopic (exact) mass is 922 g/mol. The van der Waals surface area contributed by atoms with Crippen molar-refractivity contribution in [3.8, 4) is 78.7 Å². The lowest BCUT2D eigenvalue weighted by Gasteiger charge is -2.21. The van der Waals surface area contributed by atoms with Gasteiger partial charge in [0.2, 0.25) is 0 Å². The second-order valence-corrected chi connectivity index (χ2v) is 19.3. The summed E-state index contributed by atoms with van der Waals surface area (Å²) in [5.41, 5.74) is 23.3. The topological polar surface area (TPSA) is 35.6 Å². The Labute approximate surface area is 419 Å². The zero-order valence-electron chi connectivity index (χ0n) is 40.7. The van der Waals surface area contributed by atoms with Gasteiger partial charge >= 0.3 is 0 Å². The van der Waals surface area contributed by atoms with Crippen molar-refractivity contribution in [2.24, 2.45) is 0 Å². The first kappa shape index (κ1) is 42.9. The van der Waals surface area contributed by atoms with Crippen molar-refractivity contribution in [3.63, 3.8) is 0 Å². The van der Waals surface area contributed by atoms with Crippen LogP contribution in [0.3, 0.4) is 0 Å². The molecule has 0 aliphatic carbocycles. The number of para-hydroxylation sites is 3. The van der Waals surface area contributed by atoms with E-state index in [1.54, 1.807) is 0 Å². The van der Waals surface area contributed by atoms with Crippen molar-refractivity contribution in [2.75, 3.05) is 0 Å². The van der Waals surface area contributed by atoms with Gasteiger partial charge in [0.25, 0.3) is 0 Å². The summed E-state index contributed by atoms with van der Waals surface area (Å²) in [7, 11) is 0. The first-order valence-corrected chi connectivity index (χ1v) is 24.8. The number of aromatic nitrogens is 4. The summed E-state index contributed by atoms with van der Waals surface area (Å²) in [6.07, 6.45) is 0. The lowest BCUT2D eigenvalue weighted by atomic mass is 9.94. The summed E-state index contributed by atoms with van der Waals surface area (Å²) in [5, 5.41) is 4.80. The summed E-state index contributed by atoms with van der Waals surface area (Å²) in [6.45, 7) is 8.74. The Kier molecular flexibility index (Phi) is 10.4. The van der Waals surface area contributed by atoms with E-state index in [0.717, 1.165) is 72.6 Å². The molecule has 3 aromatic heterocycles. The van der Waals surface area contributed by atoms with Crippen molar-refractivity contribution in [2.45, 2.75) is 27.7 Å². The number of nitrogens with zero attached hydrogens (tertiary/aromatic N) is 4. The average molecular weight is 923 g/mol. The normalized spacial score (nSPS) is 11.6. The highest BCUT2D eigenvalue weighted by atomic mass is 15.0. The van der Waals surface area contributed by atoms with Gasteiger partial charge in [0.05, 0.1) is 44.8 Å². The Morgan fingerprint density at radius 1 is 0.278 bits per heavy atom. The number of fused-ring (bicyclic) bond motifs is 6. The smallest absolute Gasteiger partial charge is 0.161 e.